The fraction of sp³-hybridized carbons (Fsp3) is 0.643. The largest absolute Gasteiger partial charge is 0.0663 e. The third-order valence-corrected chi connectivity index (χ3v) is 4.03. The summed E-state index contributed by atoms with van der Waals surface area (Å²) >= 11 is 0. The smallest absolute Gasteiger partial charge is 0.0116 e. The SMILES string of the molecule is [CH]1C2=C(CCCC2)CC2=C1CCCC2. The molecule has 1 radical (unpaired) electrons. The summed E-state index contributed by atoms with van der Waals surface area (Å²) < 4.78 is 0. The van der Waals surface area contributed by atoms with Crippen LogP contribution in [0.2, 0.25) is 0 Å². The Balaban J connectivity index is 1.84. The maximum atomic E-state index is 2.55. The molecule has 0 saturated heterocycles. The molecular formula is C14H19. The lowest BCUT2D eigenvalue weighted by atomic mass is 9.75. The second-order valence-electron chi connectivity index (χ2n) is 4.99. The molecule has 3 rings (SSSR count). The molecule has 0 spiro atoms. The van der Waals surface area contributed by atoms with Gasteiger partial charge in [-0.05, 0) is 57.8 Å². The fourth-order valence-corrected chi connectivity index (χ4v) is 3.20. The standard InChI is InChI=1S/C14H19/c1-2-6-12-10-14-8-4-3-7-13(14)9-11(12)5-1/h9H,1-8,10H2. The Morgan fingerprint density at radius 3 is 1.71 bits per heavy atom. The van der Waals surface area contributed by atoms with Gasteiger partial charge in [0.1, 0.15) is 0 Å². The maximum Gasteiger partial charge on any atom is 0.0116 e. The van der Waals surface area contributed by atoms with Gasteiger partial charge in [-0.2, -0.15) is 0 Å². The topological polar surface area (TPSA) is 0 Å². The summed E-state index contributed by atoms with van der Waals surface area (Å²) in [6.45, 7) is 0. The Bertz CT molecular complexity index is 244. The van der Waals surface area contributed by atoms with Crippen molar-refractivity contribution in [1.29, 1.82) is 0 Å². The zero-order valence-electron chi connectivity index (χ0n) is 8.94. The Morgan fingerprint density at radius 1 is 0.643 bits per heavy atom. The van der Waals surface area contributed by atoms with Crippen molar-refractivity contribution >= 4 is 0 Å². The van der Waals surface area contributed by atoms with Crippen molar-refractivity contribution < 1.29 is 0 Å². The Labute approximate surface area is 87.1 Å². The predicted octanol–water partition coefficient (Wildman–Crippen LogP) is 4.34. The first-order chi connectivity index (χ1) is 6.93. The summed E-state index contributed by atoms with van der Waals surface area (Å²) in [6, 6.07) is 0. The Hall–Kier alpha value is -0.520. The molecule has 0 bridgehead atoms. The Kier molecular flexibility index (Phi) is 2.23. The number of hydrogen-bond acceptors (Lipinski definition) is 0. The molecule has 0 aromatic carbocycles. The molecule has 0 aromatic heterocycles. The van der Waals surface area contributed by atoms with Gasteiger partial charge in [-0.1, -0.05) is 22.3 Å². The molecule has 3 aliphatic carbocycles. The Morgan fingerprint density at radius 2 is 1.14 bits per heavy atom. The van der Waals surface area contributed by atoms with E-state index in [9.17, 15) is 0 Å². The van der Waals surface area contributed by atoms with Gasteiger partial charge in [0.05, 0.1) is 0 Å². The van der Waals surface area contributed by atoms with Gasteiger partial charge in [0.2, 0.25) is 0 Å². The van der Waals surface area contributed by atoms with E-state index in [0.717, 1.165) is 0 Å². The third kappa shape index (κ3) is 1.45. The van der Waals surface area contributed by atoms with Gasteiger partial charge in [0, 0.05) is 6.42 Å². The molecule has 0 aromatic rings. The fourth-order valence-electron chi connectivity index (χ4n) is 3.20. The second-order valence-corrected chi connectivity index (χ2v) is 4.99. The van der Waals surface area contributed by atoms with Crippen LogP contribution in [0.3, 0.4) is 0 Å². The average molecular weight is 187 g/mol. The molecule has 0 heterocycles. The summed E-state index contributed by atoms with van der Waals surface area (Å²) in [6.07, 6.45) is 15.2. The maximum absolute atomic E-state index is 2.55. The molecule has 0 aliphatic heterocycles. The van der Waals surface area contributed by atoms with Gasteiger partial charge in [0.15, 0.2) is 0 Å². The number of rotatable bonds is 0. The number of hydrogen-bond donors (Lipinski definition) is 0. The van der Waals surface area contributed by atoms with Crippen LogP contribution >= 0.6 is 0 Å². The lowest BCUT2D eigenvalue weighted by Gasteiger charge is -2.31. The van der Waals surface area contributed by atoms with Crippen molar-refractivity contribution in [2.75, 3.05) is 0 Å². The van der Waals surface area contributed by atoms with Crippen molar-refractivity contribution in [3.63, 3.8) is 0 Å². The van der Waals surface area contributed by atoms with Crippen LogP contribution in [-0.4, -0.2) is 0 Å². The molecule has 3 aliphatic rings. The molecule has 0 heteroatoms. The second kappa shape index (κ2) is 3.56. The zero-order chi connectivity index (χ0) is 9.38. The molecule has 0 atom stereocenters. The molecule has 75 valence electrons. The molecule has 0 N–H and O–H groups in total. The molecule has 0 unspecified atom stereocenters. The predicted molar refractivity (Wildman–Crippen MR) is 59.9 cm³/mol. The van der Waals surface area contributed by atoms with Gasteiger partial charge in [-0.25, -0.2) is 0 Å². The molecule has 0 fully saturated rings. The van der Waals surface area contributed by atoms with Crippen LogP contribution in [-0.2, 0) is 0 Å². The van der Waals surface area contributed by atoms with E-state index in [1.165, 1.54) is 57.8 Å². The molecule has 14 heavy (non-hydrogen) atoms. The van der Waals surface area contributed by atoms with Crippen molar-refractivity contribution in [3.05, 3.63) is 28.7 Å². The summed E-state index contributed by atoms with van der Waals surface area (Å²) in [5.41, 5.74) is 7.02. The van der Waals surface area contributed by atoms with Crippen molar-refractivity contribution in [1.82, 2.24) is 0 Å². The van der Waals surface area contributed by atoms with E-state index >= 15 is 0 Å². The first kappa shape index (κ1) is 8.76. The average Bonchev–Trinajstić information content (AvgIpc) is 2.26. The minimum absolute atomic E-state index is 1.35. The van der Waals surface area contributed by atoms with Crippen LogP contribution in [0.1, 0.15) is 57.8 Å². The highest BCUT2D eigenvalue weighted by Crippen LogP contribution is 2.42. The van der Waals surface area contributed by atoms with Crippen LogP contribution < -0.4 is 0 Å². The minimum Gasteiger partial charge on any atom is -0.0663 e. The van der Waals surface area contributed by atoms with E-state index in [2.05, 4.69) is 6.42 Å². The van der Waals surface area contributed by atoms with E-state index in [0.29, 0.717) is 0 Å². The first-order valence-electron chi connectivity index (χ1n) is 6.20. The zero-order valence-corrected chi connectivity index (χ0v) is 8.94. The minimum atomic E-state index is 1.35. The van der Waals surface area contributed by atoms with Crippen LogP contribution in [0.15, 0.2) is 22.3 Å². The van der Waals surface area contributed by atoms with E-state index in [1.54, 1.807) is 22.3 Å². The number of allylic oxidation sites excluding steroid dienone is 4. The molecule has 0 amide bonds. The summed E-state index contributed by atoms with van der Waals surface area (Å²) in [5, 5.41) is 0. The summed E-state index contributed by atoms with van der Waals surface area (Å²) in [7, 11) is 0. The van der Waals surface area contributed by atoms with Crippen molar-refractivity contribution in [3.8, 4) is 0 Å². The lowest BCUT2D eigenvalue weighted by molar-refractivity contribution is 0.608. The van der Waals surface area contributed by atoms with Gasteiger partial charge < -0.3 is 0 Å². The van der Waals surface area contributed by atoms with Gasteiger partial charge in [-0.3, -0.25) is 0 Å². The summed E-state index contributed by atoms with van der Waals surface area (Å²) in [5.74, 6) is 0. The summed E-state index contributed by atoms with van der Waals surface area (Å²) in [4.78, 5) is 0. The quantitative estimate of drug-likeness (QED) is 0.529. The van der Waals surface area contributed by atoms with Crippen LogP contribution in [0.5, 0.6) is 0 Å². The monoisotopic (exact) mass is 187 g/mol. The molecule has 0 saturated carbocycles. The highest BCUT2D eigenvalue weighted by molar-refractivity contribution is 5.45. The highest BCUT2D eigenvalue weighted by Gasteiger charge is 2.23. The van der Waals surface area contributed by atoms with Crippen molar-refractivity contribution in [2.24, 2.45) is 0 Å². The van der Waals surface area contributed by atoms with Gasteiger partial charge in [-0.15, -0.1) is 0 Å². The first-order valence-corrected chi connectivity index (χ1v) is 6.20. The van der Waals surface area contributed by atoms with E-state index < -0.39 is 0 Å². The van der Waals surface area contributed by atoms with Gasteiger partial charge >= 0.3 is 0 Å². The third-order valence-electron chi connectivity index (χ3n) is 4.03. The van der Waals surface area contributed by atoms with E-state index in [4.69, 9.17) is 0 Å². The van der Waals surface area contributed by atoms with Crippen molar-refractivity contribution in [2.45, 2.75) is 57.8 Å². The highest BCUT2D eigenvalue weighted by atomic mass is 14.3. The van der Waals surface area contributed by atoms with Gasteiger partial charge in [0.25, 0.3) is 0 Å². The molecule has 0 nitrogen and oxygen atoms in total. The van der Waals surface area contributed by atoms with Crippen LogP contribution in [0, 0.1) is 6.42 Å². The van der Waals surface area contributed by atoms with Crippen LogP contribution in [0.25, 0.3) is 0 Å². The van der Waals surface area contributed by atoms with E-state index in [-0.39, 0.29) is 0 Å². The van der Waals surface area contributed by atoms with Crippen LogP contribution in [0.4, 0.5) is 0 Å². The normalized spacial score (nSPS) is 27.4. The lowest BCUT2D eigenvalue weighted by Crippen LogP contribution is -2.12. The van der Waals surface area contributed by atoms with E-state index in [1.807, 2.05) is 0 Å². The molecular weight excluding hydrogens is 168 g/mol.